The molecule has 2 nitrogen and oxygen atoms in total. The predicted molar refractivity (Wildman–Crippen MR) is 64.5 cm³/mol. The monoisotopic (exact) mass is 247 g/mol. The normalized spacial score (nSPS) is 12.8. The number of aliphatic hydroxyl groups excluding tert-OH is 1. The molecule has 0 aromatic heterocycles. The van der Waals surface area contributed by atoms with Crippen molar-refractivity contribution in [3.05, 3.63) is 33.8 Å². The van der Waals surface area contributed by atoms with Gasteiger partial charge in [0.15, 0.2) is 0 Å². The van der Waals surface area contributed by atoms with Crippen molar-refractivity contribution >= 4 is 23.2 Å². The van der Waals surface area contributed by atoms with E-state index >= 15 is 0 Å². The molecule has 1 aromatic rings. The molecule has 1 rings (SSSR count). The van der Waals surface area contributed by atoms with E-state index in [9.17, 15) is 0 Å². The summed E-state index contributed by atoms with van der Waals surface area (Å²) in [6, 6.07) is 5.53. The van der Waals surface area contributed by atoms with Gasteiger partial charge in [-0.05, 0) is 18.6 Å². The highest BCUT2D eigenvalue weighted by atomic mass is 35.5. The Morgan fingerprint density at radius 3 is 2.40 bits per heavy atom. The maximum Gasteiger partial charge on any atom is 0.0584 e. The van der Waals surface area contributed by atoms with Crippen molar-refractivity contribution in [1.82, 2.24) is 5.32 Å². The summed E-state index contributed by atoms with van der Waals surface area (Å²) in [4.78, 5) is 0. The average Bonchev–Trinajstić information content (AvgIpc) is 2.23. The van der Waals surface area contributed by atoms with Gasteiger partial charge in [0.2, 0.25) is 0 Å². The van der Waals surface area contributed by atoms with Crippen LogP contribution in [0.15, 0.2) is 18.2 Å². The van der Waals surface area contributed by atoms with E-state index in [2.05, 4.69) is 5.32 Å². The molecular formula is C11H15Cl2NO. The van der Waals surface area contributed by atoms with Crippen LogP contribution in [0.3, 0.4) is 0 Å². The van der Waals surface area contributed by atoms with Crippen LogP contribution >= 0.6 is 23.2 Å². The number of halogens is 2. The van der Waals surface area contributed by atoms with Crippen LogP contribution in [0, 0.1) is 0 Å². The van der Waals surface area contributed by atoms with Crippen molar-refractivity contribution in [1.29, 1.82) is 0 Å². The summed E-state index contributed by atoms with van der Waals surface area (Å²) in [5, 5.41) is 13.5. The summed E-state index contributed by atoms with van der Waals surface area (Å²) in [6.45, 7) is 2.72. The Kier molecular flexibility index (Phi) is 5.40. The smallest absolute Gasteiger partial charge is 0.0584 e. The number of hydrogen-bond donors (Lipinski definition) is 2. The molecule has 0 radical (unpaired) electrons. The molecular weight excluding hydrogens is 233 g/mol. The van der Waals surface area contributed by atoms with Crippen molar-refractivity contribution in [2.75, 3.05) is 6.61 Å². The maximum atomic E-state index is 9.01. The van der Waals surface area contributed by atoms with Gasteiger partial charge in [0, 0.05) is 28.2 Å². The van der Waals surface area contributed by atoms with Crippen LogP contribution in [0.5, 0.6) is 0 Å². The lowest BCUT2D eigenvalue weighted by Crippen LogP contribution is -2.31. The molecule has 4 heteroatoms. The standard InChI is InChI=1S/C11H15Cl2NO/c1-2-8(7-15)14-6-9-10(12)4-3-5-11(9)13/h3-5,8,14-15H,2,6-7H2,1H3. The van der Waals surface area contributed by atoms with E-state index < -0.39 is 0 Å². The summed E-state index contributed by atoms with van der Waals surface area (Å²) in [5.74, 6) is 0. The van der Waals surface area contributed by atoms with Crippen LogP contribution in [0.1, 0.15) is 18.9 Å². The van der Waals surface area contributed by atoms with Gasteiger partial charge >= 0.3 is 0 Å². The molecule has 2 N–H and O–H groups in total. The minimum atomic E-state index is 0.0948. The second kappa shape index (κ2) is 6.33. The quantitative estimate of drug-likeness (QED) is 0.839. The predicted octanol–water partition coefficient (Wildman–Crippen LogP) is 2.85. The van der Waals surface area contributed by atoms with Gasteiger partial charge in [-0.2, -0.15) is 0 Å². The van der Waals surface area contributed by atoms with E-state index in [0.717, 1.165) is 12.0 Å². The molecule has 0 bridgehead atoms. The van der Waals surface area contributed by atoms with Gasteiger partial charge in [0.25, 0.3) is 0 Å². The number of nitrogens with one attached hydrogen (secondary N) is 1. The lowest BCUT2D eigenvalue weighted by molar-refractivity contribution is 0.238. The van der Waals surface area contributed by atoms with Crippen LogP contribution in [0.4, 0.5) is 0 Å². The maximum absolute atomic E-state index is 9.01. The van der Waals surface area contributed by atoms with Gasteiger partial charge in [-0.25, -0.2) is 0 Å². The third-order valence-electron chi connectivity index (χ3n) is 2.34. The van der Waals surface area contributed by atoms with Gasteiger partial charge in [-0.15, -0.1) is 0 Å². The SMILES string of the molecule is CCC(CO)NCc1c(Cl)cccc1Cl. The first-order valence-electron chi connectivity index (χ1n) is 4.96. The van der Waals surface area contributed by atoms with E-state index in [-0.39, 0.29) is 12.6 Å². The topological polar surface area (TPSA) is 32.3 Å². The Bertz CT molecular complexity index is 293. The third-order valence-corrected chi connectivity index (χ3v) is 3.05. The second-order valence-corrected chi connectivity index (χ2v) is 4.18. The second-order valence-electron chi connectivity index (χ2n) is 3.37. The zero-order valence-corrected chi connectivity index (χ0v) is 10.1. The molecule has 1 unspecified atom stereocenters. The van der Waals surface area contributed by atoms with Gasteiger partial charge in [0.1, 0.15) is 0 Å². The summed E-state index contributed by atoms with van der Waals surface area (Å²) in [6.07, 6.45) is 0.874. The van der Waals surface area contributed by atoms with E-state index in [4.69, 9.17) is 28.3 Å². The minimum absolute atomic E-state index is 0.0948. The van der Waals surface area contributed by atoms with Gasteiger partial charge in [0.05, 0.1) is 6.61 Å². The average molecular weight is 248 g/mol. The van der Waals surface area contributed by atoms with Gasteiger partial charge in [-0.1, -0.05) is 36.2 Å². The molecule has 0 aliphatic rings. The molecule has 1 atom stereocenters. The van der Waals surface area contributed by atoms with Gasteiger partial charge in [-0.3, -0.25) is 0 Å². The highest BCUT2D eigenvalue weighted by molar-refractivity contribution is 6.35. The highest BCUT2D eigenvalue weighted by Crippen LogP contribution is 2.23. The van der Waals surface area contributed by atoms with Gasteiger partial charge < -0.3 is 10.4 Å². The Morgan fingerprint density at radius 1 is 1.33 bits per heavy atom. The van der Waals surface area contributed by atoms with Crippen molar-refractivity contribution in [3.63, 3.8) is 0 Å². The summed E-state index contributed by atoms with van der Waals surface area (Å²) in [5.41, 5.74) is 0.882. The third kappa shape index (κ3) is 3.65. The summed E-state index contributed by atoms with van der Waals surface area (Å²) < 4.78 is 0. The minimum Gasteiger partial charge on any atom is -0.395 e. The van der Waals surface area contributed by atoms with E-state index in [0.29, 0.717) is 16.6 Å². The molecule has 0 amide bonds. The molecule has 1 aromatic carbocycles. The molecule has 0 saturated heterocycles. The molecule has 0 saturated carbocycles. The number of rotatable bonds is 5. The lowest BCUT2D eigenvalue weighted by atomic mass is 10.2. The van der Waals surface area contributed by atoms with E-state index in [1.165, 1.54) is 0 Å². The molecule has 84 valence electrons. The van der Waals surface area contributed by atoms with Crippen molar-refractivity contribution in [2.45, 2.75) is 25.9 Å². The van der Waals surface area contributed by atoms with Crippen molar-refractivity contribution in [2.24, 2.45) is 0 Å². The van der Waals surface area contributed by atoms with Crippen LogP contribution in [-0.4, -0.2) is 17.8 Å². The zero-order valence-electron chi connectivity index (χ0n) is 8.63. The van der Waals surface area contributed by atoms with Crippen molar-refractivity contribution in [3.8, 4) is 0 Å². The van der Waals surface area contributed by atoms with Crippen molar-refractivity contribution < 1.29 is 5.11 Å². The fourth-order valence-corrected chi connectivity index (χ4v) is 1.82. The fraction of sp³-hybridized carbons (Fsp3) is 0.455. The van der Waals surface area contributed by atoms with Crippen LogP contribution in [0.25, 0.3) is 0 Å². The molecule has 0 spiro atoms. The van der Waals surface area contributed by atoms with Crippen LogP contribution in [0.2, 0.25) is 10.0 Å². The highest BCUT2D eigenvalue weighted by Gasteiger charge is 2.08. The van der Waals surface area contributed by atoms with Crippen LogP contribution in [-0.2, 0) is 6.54 Å². The summed E-state index contributed by atoms with van der Waals surface area (Å²) in [7, 11) is 0. The number of benzene rings is 1. The number of aliphatic hydroxyl groups is 1. The molecule has 0 aliphatic carbocycles. The Hall–Kier alpha value is -0.280. The Labute approximate surface area is 100 Å². The Morgan fingerprint density at radius 2 is 1.93 bits per heavy atom. The zero-order chi connectivity index (χ0) is 11.3. The first kappa shape index (κ1) is 12.8. The molecule has 0 aliphatic heterocycles. The van der Waals surface area contributed by atoms with Crippen LogP contribution < -0.4 is 5.32 Å². The van der Waals surface area contributed by atoms with E-state index in [1.807, 2.05) is 25.1 Å². The fourth-order valence-electron chi connectivity index (χ4n) is 1.29. The molecule has 0 fully saturated rings. The first-order valence-corrected chi connectivity index (χ1v) is 5.71. The van der Waals surface area contributed by atoms with E-state index in [1.54, 1.807) is 0 Å². The molecule has 15 heavy (non-hydrogen) atoms. The summed E-state index contributed by atoms with van der Waals surface area (Å²) >= 11 is 12.0. The first-order chi connectivity index (χ1) is 7.19. The Balaban J connectivity index is 2.64. The molecule has 0 heterocycles. The lowest BCUT2D eigenvalue weighted by Gasteiger charge is -2.15. The largest absolute Gasteiger partial charge is 0.395 e. The number of hydrogen-bond acceptors (Lipinski definition) is 2.